The molecule has 0 spiro atoms. The largest absolute Gasteiger partial charge is 0.454 e. The topological polar surface area (TPSA) is 36.9 Å². The highest BCUT2D eigenvalue weighted by Crippen LogP contribution is 2.52. The third kappa shape index (κ3) is 4.91. The van der Waals surface area contributed by atoms with Gasteiger partial charge in [-0.2, -0.15) is 0 Å². The second kappa shape index (κ2) is 11.8. The summed E-state index contributed by atoms with van der Waals surface area (Å²) in [5, 5.41) is 7.42. The first-order valence-corrected chi connectivity index (χ1v) is 17.2. The molecule has 0 fully saturated rings. The molecular weight excluding hydrogens is 582 g/mol. The van der Waals surface area contributed by atoms with Crippen LogP contribution >= 0.6 is 15.8 Å². The highest BCUT2D eigenvalue weighted by atomic mass is 31.1. The first-order valence-electron chi connectivity index (χ1n) is 14.5. The summed E-state index contributed by atoms with van der Waals surface area (Å²) in [7, 11) is -1.82. The van der Waals surface area contributed by atoms with Crippen molar-refractivity contribution in [2.45, 2.75) is 0 Å². The lowest BCUT2D eigenvalue weighted by Crippen LogP contribution is -2.23. The molecule has 0 bridgehead atoms. The Bertz CT molecular complexity index is 1840. The summed E-state index contributed by atoms with van der Waals surface area (Å²) in [5.74, 6) is 2.99. The molecule has 0 radical (unpaired) electrons. The van der Waals surface area contributed by atoms with Crippen molar-refractivity contribution in [1.29, 1.82) is 0 Å². The fourth-order valence-electron chi connectivity index (χ4n) is 5.90. The molecule has 0 saturated heterocycles. The molecule has 2 aliphatic heterocycles. The third-order valence-corrected chi connectivity index (χ3v) is 12.7. The van der Waals surface area contributed by atoms with E-state index in [1.165, 1.54) is 31.8 Å². The van der Waals surface area contributed by atoms with Gasteiger partial charge in [-0.15, -0.1) is 0 Å². The Balaban J connectivity index is 1.40. The predicted molar refractivity (Wildman–Crippen MR) is 182 cm³/mol. The fraction of sp³-hybridized carbons (Fsp3) is 0.0526. The standard InChI is InChI=1S/C38H28O4P2/c1-5-13-27(14-6-1)43(28-15-7-2-8-16-28)31-23-32(37-34(24-31)40-26-41-37)36-35(22-21-33-38(36)42-25-39-33)44(29-17-9-3-10-18-29)30-19-11-4-12-20-30/h1-24H,25-26H2. The third-order valence-electron chi connectivity index (χ3n) is 7.80. The minimum absolute atomic E-state index is 0.175. The number of hydrogen-bond donors (Lipinski definition) is 0. The van der Waals surface area contributed by atoms with Crippen LogP contribution in [0.4, 0.5) is 0 Å². The maximum atomic E-state index is 6.27. The van der Waals surface area contributed by atoms with E-state index in [1.807, 2.05) is 6.07 Å². The lowest BCUT2D eigenvalue weighted by molar-refractivity contribution is 0.173. The Morgan fingerprint density at radius 1 is 0.386 bits per heavy atom. The predicted octanol–water partition coefficient (Wildman–Crippen LogP) is 6.33. The molecule has 8 rings (SSSR count). The molecule has 0 N–H and O–H groups in total. The zero-order valence-corrected chi connectivity index (χ0v) is 25.6. The van der Waals surface area contributed by atoms with Crippen molar-refractivity contribution in [3.8, 4) is 34.1 Å². The lowest BCUT2D eigenvalue weighted by atomic mass is 10.0. The molecule has 2 heterocycles. The summed E-state index contributed by atoms with van der Waals surface area (Å²) in [6.45, 7) is 0.356. The highest BCUT2D eigenvalue weighted by molar-refractivity contribution is 7.80. The second-order valence-electron chi connectivity index (χ2n) is 10.4. The molecule has 6 aromatic rings. The minimum Gasteiger partial charge on any atom is -0.454 e. The van der Waals surface area contributed by atoms with Gasteiger partial charge < -0.3 is 18.9 Å². The fourth-order valence-corrected chi connectivity index (χ4v) is 10.7. The van der Waals surface area contributed by atoms with Gasteiger partial charge in [0.2, 0.25) is 13.6 Å². The molecule has 0 unspecified atom stereocenters. The number of rotatable bonds is 7. The zero-order chi connectivity index (χ0) is 29.3. The van der Waals surface area contributed by atoms with E-state index in [1.54, 1.807) is 0 Å². The molecule has 2 aliphatic rings. The van der Waals surface area contributed by atoms with Crippen LogP contribution in [0.3, 0.4) is 0 Å². The van der Waals surface area contributed by atoms with E-state index in [0.717, 1.165) is 34.1 Å². The van der Waals surface area contributed by atoms with Crippen molar-refractivity contribution in [3.63, 3.8) is 0 Å². The van der Waals surface area contributed by atoms with Crippen LogP contribution in [0, 0.1) is 0 Å². The molecule has 0 atom stereocenters. The maximum Gasteiger partial charge on any atom is 0.231 e. The average molecular weight is 611 g/mol. The van der Waals surface area contributed by atoms with Gasteiger partial charge >= 0.3 is 0 Å². The van der Waals surface area contributed by atoms with Crippen LogP contribution in [0.5, 0.6) is 23.0 Å². The van der Waals surface area contributed by atoms with Crippen molar-refractivity contribution < 1.29 is 18.9 Å². The molecule has 6 heteroatoms. The molecule has 4 nitrogen and oxygen atoms in total. The summed E-state index contributed by atoms with van der Waals surface area (Å²) in [6.07, 6.45) is 0. The van der Waals surface area contributed by atoms with E-state index in [0.29, 0.717) is 0 Å². The van der Waals surface area contributed by atoms with Gasteiger partial charge in [-0.25, -0.2) is 0 Å². The van der Waals surface area contributed by atoms with E-state index in [9.17, 15) is 0 Å². The van der Waals surface area contributed by atoms with Gasteiger partial charge in [0, 0.05) is 11.1 Å². The first kappa shape index (κ1) is 27.0. The Morgan fingerprint density at radius 3 is 1.41 bits per heavy atom. The van der Waals surface area contributed by atoms with E-state index in [2.05, 4.69) is 140 Å². The number of fused-ring (bicyclic) bond motifs is 2. The zero-order valence-electron chi connectivity index (χ0n) is 23.8. The molecular formula is C38H28O4P2. The van der Waals surface area contributed by atoms with E-state index in [-0.39, 0.29) is 13.6 Å². The van der Waals surface area contributed by atoms with Crippen LogP contribution in [-0.4, -0.2) is 13.6 Å². The van der Waals surface area contributed by atoms with Crippen molar-refractivity contribution in [1.82, 2.24) is 0 Å². The van der Waals surface area contributed by atoms with Crippen LogP contribution in [0.25, 0.3) is 11.1 Å². The Hall–Kier alpha value is -4.62. The van der Waals surface area contributed by atoms with E-state index in [4.69, 9.17) is 18.9 Å². The van der Waals surface area contributed by atoms with Crippen LogP contribution in [0.2, 0.25) is 0 Å². The van der Waals surface area contributed by atoms with Crippen molar-refractivity contribution in [2.75, 3.05) is 13.6 Å². The Labute approximate surface area is 259 Å². The number of benzene rings is 6. The maximum absolute atomic E-state index is 6.27. The monoisotopic (exact) mass is 610 g/mol. The minimum atomic E-state index is -0.943. The first-order chi connectivity index (χ1) is 21.8. The molecule has 0 aliphatic carbocycles. The van der Waals surface area contributed by atoms with Crippen molar-refractivity contribution >= 4 is 47.7 Å². The van der Waals surface area contributed by atoms with Crippen LogP contribution in [-0.2, 0) is 0 Å². The van der Waals surface area contributed by atoms with E-state index < -0.39 is 15.8 Å². The van der Waals surface area contributed by atoms with Gasteiger partial charge in [0.15, 0.2) is 23.0 Å². The van der Waals surface area contributed by atoms with Gasteiger partial charge in [-0.1, -0.05) is 121 Å². The Morgan fingerprint density at radius 2 is 0.864 bits per heavy atom. The van der Waals surface area contributed by atoms with Gasteiger partial charge in [-0.05, 0) is 71.9 Å². The summed E-state index contributed by atoms with van der Waals surface area (Å²) >= 11 is 0. The van der Waals surface area contributed by atoms with Crippen LogP contribution in [0.1, 0.15) is 0 Å². The number of hydrogen-bond acceptors (Lipinski definition) is 4. The average Bonchev–Trinajstić information content (AvgIpc) is 3.77. The SMILES string of the molecule is c1ccc(P(c2ccccc2)c2cc3c(c(-c4c(P(c5ccccc5)c5ccccc5)ccc5c4OCO5)c2)OCO3)cc1. The van der Waals surface area contributed by atoms with Gasteiger partial charge in [0.05, 0.1) is 0 Å². The summed E-state index contributed by atoms with van der Waals surface area (Å²) in [6, 6.07) is 51.6. The molecule has 44 heavy (non-hydrogen) atoms. The summed E-state index contributed by atoms with van der Waals surface area (Å²) in [5.41, 5.74) is 1.96. The molecule has 0 saturated carbocycles. The normalized spacial score (nSPS) is 13.0. The van der Waals surface area contributed by atoms with Crippen molar-refractivity contribution in [3.05, 3.63) is 146 Å². The number of ether oxygens (including phenoxy) is 4. The highest BCUT2D eigenvalue weighted by Gasteiger charge is 2.33. The molecule has 0 amide bonds. The van der Waals surface area contributed by atoms with E-state index >= 15 is 0 Å². The van der Waals surface area contributed by atoms with Gasteiger partial charge in [0.25, 0.3) is 0 Å². The smallest absolute Gasteiger partial charge is 0.231 e. The van der Waals surface area contributed by atoms with Gasteiger partial charge in [0.1, 0.15) is 0 Å². The molecule has 214 valence electrons. The molecule has 0 aromatic heterocycles. The molecule has 6 aromatic carbocycles. The second-order valence-corrected chi connectivity index (χ2v) is 14.8. The van der Waals surface area contributed by atoms with Crippen LogP contribution < -0.4 is 50.8 Å². The summed E-state index contributed by atoms with van der Waals surface area (Å²) < 4.78 is 24.6. The van der Waals surface area contributed by atoms with Crippen molar-refractivity contribution in [2.24, 2.45) is 0 Å². The van der Waals surface area contributed by atoms with Crippen LogP contribution in [0.15, 0.2) is 146 Å². The quantitative estimate of drug-likeness (QED) is 0.198. The van der Waals surface area contributed by atoms with Gasteiger partial charge in [-0.3, -0.25) is 0 Å². The lowest BCUT2D eigenvalue weighted by Gasteiger charge is -2.25. The Kier molecular flexibility index (Phi) is 7.24. The summed E-state index contributed by atoms with van der Waals surface area (Å²) in [4.78, 5) is 0.